The van der Waals surface area contributed by atoms with Crippen LogP contribution in [0.5, 0.6) is 0 Å². The molecule has 0 fully saturated rings. The normalized spacial score (nSPS) is 11.1. The maximum atomic E-state index is 5.61. The fraction of sp³-hybridized carbons (Fsp3) is 0.143. The van der Waals surface area contributed by atoms with Gasteiger partial charge in [0.2, 0.25) is 0 Å². The van der Waals surface area contributed by atoms with Gasteiger partial charge in [0, 0.05) is 24.0 Å². The molecule has 4 aromatic heterocycles. The third kappa shape index (κ3) is 3.48. The third-order valence-electron chi connectivity index (χ3n) is 4.71. The maximum absolute atomic E-state index is 5.61. The molecule has 0 unspecified atom stereocenters. The second kappa shape index (κ2) is 7.70. The molecule has 5 aromatic rings. The van der Waals surface area contributed by atoms with E-state index in [0.29, 0.717) is 29.6 Å². The lowest BCUT2D eigenvalue weighted by Crippen LogP contribution is -2.03. The molecule has 4 heterocycles. The lowest BCUT2D eigenvalue weighted by Gasteiger charge is -2.02. The summed E-state index contributed by atoms with van der Waals surface area (Å²) in [6.07, 6.45) is 7.52. The highest BCUT2D eigenvalue weighted by atomic mass is 16.5. The fourth-order valence-electron chi connectivity index (χ4n) is 3.13. The molecule has 0 saturated heterocycles. The predicted molar refractivity (Wildman–Crippen MR) is 109 cm³/mol. The number of hydrogen-bond acceptors (Lipinski definition) is 7. The first-order valence-corrected chi connectivity index (χ1v) is 9.55. The zero-order chi connectivity index (χ0) is 20.3. The van der Waals surface area contributed by atoms with Gasteiger partial charge >= 0.3 is 0 Å². The zero-order valence-electron chi connectivity index (χ0n) is 16.3. The molecule has 9 heteroatoms. The molecule has 0 amide bonds. The van der Waals surface area contributed by atoms with Crippen LogP contribution in [-0.2, 0) is 13.0 Å². The lowest BCUT2D eigenvalue weighted by atomic mass is 10.1. The van der Waals surface area contributed by atoms with Crippen molar-refractivity contribution in [2.45, 2.75) is 19.9 Å². The van der Waals surface area contributed by atoms with Gasteiger partial charge in [0.15, 0.2) is 23.1 Å². The Kier molecular flexibility index (Phi) is 4.60. The van der Waals surface area contributed by atoms with Crippen molar-refractivity contribution in [1.29, 1.82) is 0 Å². The summed E-state index contributed by atoms with van der Waals surface area (Å²) >= 11 is 0. The molecule has 5 rings (SSSR count). The average Bonchev–Trinajstić information content (AvgIpc) is 3.56. The van der Waals surface area contributed by atoms with E-state index in [1.165, 1.54) is 11.9 Å². The van der Waals surface area contributed by atoms with E-state index in [4.69, 9.17) is 4.52 Å². The summed E-state index contributed by atoms with van der Waals surface area (Å²) in [4.78, 5) is 12.7. The largest absolute Gasteiger partial charge is 0.356 e. The van der Waals surface area contributed by atoms with Gasteiger partial charge in [-0.15, -0.1) is 5.10 Å². The summed E-state index contributed by atoms with van der Waals surface area (Å²) in [6.45, 7) is 2.53. The molecular weight excluding hydrogens is 380 g/mol. The highest BCUT2D eigenvalue weighted by Crippen LogP contribution is 2.27. The summed E-state index contributed by atoms with van der Waals surface area (Å²) in [5.41, 5.74) is 3.66. The lowest BCUT2D eigenvalue weighted by molar-refractivity contribution is 0.434. The zero-order valence-corrected chi connectivity index (χ0v) is 16.3. The van der Waals surface area contributed by atoms with Gasteiger partial charge in [0.05, 0.1) is 5.69 Å². The molecule has 9 nitrogen and oxygen atoms in total. The van der Waals surface area contributed by atoms with Crippen molar-refractivity contribution < 1.29 is 4.52 Å². The van der Waals surface area contributed by atoms with E-state index < -0.39 is 0 Å². The summed E-state index contributed by atoms with van der Waals surface area (Å²) in [5, 5.41) is 13.0. The van der Waals surface area contributed by atoms with Crippen LogP contribution in [0, 0.1) is 0 Å². The molecule has 0 aliphatic carbocycles. The third-order valence-corrected chi connectivity index (χ3v) is 4.71. The van der Waals surface area contributed by atoms with Crippen molar-refractivity contribution in [1.82, 2.24) is 39.7 Å². The highest BCUT2D eigenvalue weighted by Gasteiger charge is 2.18. The van der Waals surface area contributed by atoms with E-state index in [9.17, 15) is 0 Å². The van der Waals surface area contributed by atoms with E-state index in [1.54, 1.807) is 28.1 Å². The van der Waals surface area contributed by atoms with E-state index in [-0.39, 0.29) is 0 Å². The number of rotatable bonds is 6. The van der Waals surface area contributed by atoms with Crippen molar-refractivity contribution in [2.75, 3.05) is 0 Å². The molecule has 0 atom stereocenters. The van der Waals surface area contributed by atoms with Crippen molar-refractivity contribution in [3.8, 4) is 28.5 Å². The minimum Gasteiger partial charge on any atom is -0.356 e. The average molecular weight is 398 g/mol. The van der Waals surface area contributed by atoms with Gasteiger partial charge in [0.1, 0.15) is 19.2 Å². The Labute approximate surface area is 172 Å². The van der Waals surface area contributed by atoms with Gasteiger partial charge in [-0.2, -0.15) is 5.10 Å². The smallest absolute Gasteiger partial charge is 0.185 e. The number of hydrogen-bond donors (Lipinski definition) is 0. The molecule has 0 N–H and O–H groups in total. The Hall–Kier alpha value is -4.14. The summed E-state index contributed by atoms with van der Waals surface area (Å²) in [5.74, 6) is 1.84. The van der Waals surface area contributed by atoms with Gasteiger partial charge in [-0.1, -0.05) is 36.3 Å². The van der Waals surface area contributed by atoms with Crippen LogP contribution >= 0.6 is 0 Å². The van der Waals surface area contributed by atoms with E-state index in [1.807, 2.05) is 30.3 Å². The van der Waals surface area contributed by atoms with Gasteiger partial charge in [0.25, 0.3) is 0 Å². The molecule has 0 spiro atoms. The van der Waals surface area contributed by atoms with Gasteiger partial charge in [-0.25, -0.2) is 19.3 Å². The minimum atomic E-state index is 0.397. The van der Waals surface area contributed by atoms with E-state index in [0.717, 1.165) is 17.7 Å². The van der Waals surface area contributed by atoms with Crippen LogP contribution in [0.4, 0.5) is 0 Å². The molecular formula is C21H18N8O. The maximum Gasteiger partial charge on any atom is 0.185 e. The molecule has 0 aliphatic rings. The second-order valence-corrected chi connectivity index (χ2v) is 6.69. The molecule has 148 valence electrons. The van der Waals surface area contributed by atoms with E-state index >= 15 is 0 Å². The Morgan fingerprint density at radius 1 is 1.00 bits per heavy atom. The molecule has 1 aromatic carbocycles. The van der Waals surface area contributed by atoms with Gasteiger partial charge < -0.3 is 4.52 Å². The molecule has 0 bridgehead atoms. The van der Waals surface area contributed by atoms with Crippen LogP contribution in [0.25, 0.3) is 28.5 Å². The van der Waals surface area contributed by atoms with Crippen LogP contribution in [0.2, 0.25) is 0 Å². The Bertz CT molecular complexity index is 1240. The van der Waals surface area contributed by atoms with Crippen LogP contribution in [0.3, 0.4) is 0 Å². The van der Waals surface area contributed by atoms with Crippen molar-refractivity contribution in [2.24, 2.45) is 0 Å². The molecule has 0 aliphatic heterocycles. The first kappa shape index (κ1) is 17.9. The van der Waals surface area contributed by atoms with Crippen LogP contribution in [0.15, 0.2) is 72.0 Å². The number of nitrogens with zero attached hydrogens (tertiary/aromatic N) is 8. The van der Waals surface area contributed by atoms with Crippen molar-refractivity contribution in [3.63, 3.8) is 0 Å². The number of benzene rings is 1. The summed E-state index contributed by atoms with van der Waals surface area (Å²) in [7, 11) is 0. The first-order valence-electron chi connectivity index (χ1n) is 9.55. The van der Waals surface area contributed by atoms with Gasteiger partial charge in [-0.3, -0.25) is 4.98 Å². The predicted octanol–water partition coefficient (Wildman–Crippen LogP) is 3.19. The Balaban J connectivity index is 1.54. The number of aromatic nitrogens is 8. The SMILES string of the molecule is CCc1ccc(-c2cc(-c3nc(Cn4cncn4)nn3-c3ccncc3)no2)cc1. The van der Waals surface area contributed by atoms with Gasteiger partial charge in [-0.05, 0) is 24.1 Å². The van der Waals surface area contributed by atoms with Crippen molar-refractivity contribution in [3.05, 3.63) is 78.9 Å². The Morgan fingerprint density at radius 3 is 2.57 bits per heavy atom. The number of aryl methyl sites for hydroxylation is 1. The van der Waals surface area contributed by atoms with Crippen LogP contribution in [-0.4, -0.2) is 39.7 Å². The Morgan fingerprint density at radius 2 is 1.83 bits per heavy atom. The quantitative estimate of drug-likeness (QED) is 0.433. The van der Waals surface area contributed by atoms with Crippen molar-refractivity contribution >= 4 is 0 Å². The summed E-state index contributed by atoms with van der Waals surface area (Å²) < 4.78 is 9.01. The monoisotopic (exact) mass is 398 g/mol. The van der Waals surface area contributed by atoms with Crippen LogP contribution in [0.1, 0.15) is 18.3 Å². The molecule has 0 saturated carbocycles. The fourth-order valence-corrected chi connectivity index (χ4v) is 3.13. The van der Waals surface area contributed by atoms with E-state index in [2.05, 4.69) is 49.4 Å². The highest BCUT2D eigenvalue weighted by molar-refractivity contribution is 5.64. The summed E-state index contributed by atoms with van der Waals surface area (Å²) in [6, 6.07) is 13.9. The number of pyridine rings is 1. The molecule has 30 heavy (non-hydrogen) atoms. The topological polar surface area (TPSA) is 100 Å². The second-order valence-electron chi connectivity index (χ2n) is 6.69. The first-order chi connectivity index (χ1) is 14.8. The minimum absolute atomic E-state index is 0.397. The van der Waals surface area contributed by atoms with Crippen LogP contribution < -0.4 is 0 Å². The molecule has 0 radical (unpaired) electrons. The standard InChI is InChI=1S/C21H18N8O/c1-2-15-3-5-16(6-4-15)19-11-18(27-30-19)21-25-20(12-28-14-23-13-24-28)26-29(21)17-7-9-22-10-8-17/h3-11,13-14H,2,12H2,1H3.